The van der Waals surface area contributed by atoms with Crippen LogP contribution in [0.5, 0.6) is 0 Å². The van der Waals surface area contributed by atoms with Crippen LogP contribution in [0, 0.1) is 0 Å². The van der Waals surface area contributed by atoms with Gasteiger partial charge in [0.1, 0.15) is 6.04 Å². The Morgan fingerprint density at radius 3 is 1.54 bits per heavy atom. The Labute approximate surface area is 549 Å². The first-order valence-electron chi connectivity index (χ1n) is 33.6. The first-order chi connectivity index (χ1) is 45.5. The van der Waals surface area contributed by atoms with Crippen molar-refractivity contribution in [2.24, 2.45) is 29.4 Å². The van der Waals surface area contributed by atoms with Gasteiger partial charge in [0.15, 0.2) is 0 Å². The quantitative estimate of drug-likeness (QED) is 0.00928. The van der Waals surface area contributed by atoms with E-state index in [0.717, 1.165) is 134 Å². The van der Waals surface area contributed by atoms with Gasteiger partial charge in [-0.25, -0.2) is 9.59 Å². The van der Waals surface area contributed by atoms with Gasteiger partial charge in [0.05, 0.1) is 43.4 Å². The summed E-state index contributed by atoms with van der Waals surface area (Å²) in [6.45, 7) is 3.09. The number of unbranched alkanes of at least 4 members (excludes halogenated alkanes) is 12. The minimum absolute atomic E-state index is 0.0191. The van der Waals surface area contributed by atoms with Gasteiger partial charge < -0.3 is 61.7 Å². The SMILES string of the molecule is CN(CCOCCOCCN(C)C(=O)C1CC(N=[N+]=[N-])CN1C(=O)c1ccc2c(=O)oc(=O)n(C)c2c1)C(=O)CCC12c3cc(NC(=O)CCCCCCCN)ccc3C(c3ccc(NC(=O)CCCCCCCN)cc31)c1ccc(NC(=O)CCCCCCCN)cc12. The number of benzene rings is 4. The van der Waals surface area contributed by atoms with Crippen LogP contribution in [0.4, 0.5) is 17.1 Å². The van der Waals surface area contributed by atoms with E-state index in [-0.39, 0.29) is 105 Å². The van der Waals surface area contributed by atoms with E-state index in [1.165, 1.54) is 35.0 Å². The summed E-state index contributed by atoms with van der Waals surface area (Å²) in [5, 5.41) is 13.5. The average molecular weight is 1290 g/mol. The van der Waals surface area contributed by atoms with Crippen molar-refractivity contribution < 1.29 is 42.7 Å². The maximum atomic E-state index is 14.6. The van der Waals surface area contributed by atoms with Crippen LogP contribution in [0.1, 0.15) is 184 Å². The molecule has 9 N–H and O–H groups in total. The zero-order valence-electron chi connectivity index (χ0n) is 54.9. The number of fused-ring (bicyclic) bond motifs is 1. The van der Waals surface area contributed by atoms with Crippen LogP contribution in [0.2, 0.25) is 0 Å². The molecule has 1 fully saturated rings. The second-order valence-electron chi connectivity index (χ2n) is 25.1. The molecule has 506 valence electrons. The van der Waals surface area contributed by atoms with E-state index in [9.17, 15) is 43.9 Å². The molecule has 6 amide bonds. The molecule has 2 atom stereocenters. The largest absolute Gasteiger partial charge is 0.422 e. The summed E-state index contributed by atoms with van der Waals surface area (Å²) >= 11 is 0. The van der Waals surface area contributed by atoms with Gasteiger partial charge in [0.2, 0.25) is 29.5 Å². The molecule has 0 saturated carbocycles. The highest BCUT2D eigenvalue weighted by atomic mass is 16.5. The van der Waals surface area contributed by atoms with Crippen LogP contribution in [0.3, 0.4) is 0 Å². The molecule has 4 aromatic carbocycles. The second-order valence-corrected chi connectivity index (χ2v) is 25.1. The summed E-state index contributed by atoms with van der Waals surface area (Å²) in [7, 11) is 4.74. The Bertz CT molecular complexity index is 3440. The number of hydrogen-bond acceptors (Lipinski definition) is 15. The Hall–Kier alpha value is -8.25. The van der Waals surface area contributed by atoms with Crippen molar-refractivity contribution in [3.8, 4) is 0 Å². The van der Waals surface area contributed by atoms with E-state index in [2.05, 4.69) is 62.4 Å². The number of aromatic nitrogens is 1. The van der Waals surface area contributed by atoms with Gasteiger partial charge in [-0.05, 0) is 165 Å². The number of rotatable bonds is 39. The van der Waals surface area contributed by atoms with Crippen LogP contribution in [-0.2, 0) is 45.9 Å². The third-order valence-electron chi connectivity index (χ3n) is 18.5. The van der Waals surface area contributed by atoms with Crippen LogP contribution >= 0.6 is 0 Å². The van der Waals surface area contributed by atoms with Crippen LogP contribution < -0.4 is 44.5 Å². The van der Waals surface area contributed by atoms with Crippen molar-refractivity contribution in [1.29, 1.82) is 0 Å². The Kier molecular flexibility index (Phi) is 26.9. The summed E-state index contributed by atoms with van der Waals surface area (Å²) in [5.41, 5.74) is 32.7. The number of nitrogens with zero attached hydrogens (tertiary/aromatic N) is 7. The normalized spacial score (nSPS) is 16.6. The van der Waals surface area contributed by atoms with Gasteiger partial charge in [-0.15, -0.1) is 0 Å². The first kappa shape index (κ1) is 71.6. The number of carbonyl (C=O) groups is 6. The topological polar surface area (TPSA) is 346 Å². The summed E-state index contributed by atoms with van der Waals surface area (Å²) in [4.78, 5) is 115. The van der Waals surface area contributed by atoms with Gasteiger partial charge in [-0.1, -0.05) is 81.1 Å². The van der Waals surface area contributed by atoms with Crippen molar-refractivity contribution >= 4 is 63.4 Å². The van der Waals surface area contributed by atoms with Crippen molar-refractivity contribution in [3.05, 3.63) is 143 Å². The van der Waals surface area contributed by atoms with E-state index in [0.29, 0.717) is 62.4 Å². The number of likely N-dealkylation sites (N-methyl/N-ethyl adjacent to an activating group) is 2. The molecule has 4 aliphatic rings. The van der Waals surface area contributed by atoms with Crippen LogP contribution in [0.25, 0.3) is 21.3 Å². The average Bonchev–Trinajstić information content (AvgIpc) is 0.734. The maximum Gasteiger partial charge on any atom is 0.422 e. The predicted octanol–water partition coefficient (Wildman–Crippen LogP) is 8.67. The number of carbonyl (C=O) groups excluding carboxylic acids is 6. The highest BCUT2D eigenvalue weighted by Gasteiger charge is 2.52. The van der Waals surface area contributed by atoms with Crippen LogP contribution in [0.15, 0.2) is 91.9 Å². The number of azide groups is 1. The molecule has 2 bridgehead atoms. The van der Waals surface area contributed by atoms with Gasteiger partial charge in [0.25, 0.3) is 5.91 Å². The molecule has 1 aromatic heterocycles. The van der Waals surface area contributed by atoms with Gasteiger partial charge in [0, 0.05) is 105 Å². The number of likely N-dealkylation sites (tertiary alicyclic amines) is 1. The fraction of sp³-hybridized carbons (Fsp3) is 0.543. The Morgan fingerprint density at radius 1 is 0.617 bits per heavy atom. The molecule has 24 nitrogen and oxygen atoms in total. The van der Waals surface area contributed by atoms with Crippen molar-refractivity contribution in [2.75, 3.05) is 95.7 Å². The fourth-order valence-electron chi connectivity index (χ4n) is 13.4. The molecule has 5 aromatic rings. The van der Waals surface area contributed by atoms with Crippen molar-refractivity contribution in [1.82, 2.24) is 19.3 Å². The highest BCUT2D eigenvalue weighted by molar-refractivity contribution is 6.01. The molecule has 1 aliphatic heterocycles. The Balaban J connectivity index is 0.941. The number of nitrogens with one attached hydrogen (secondary N) is 3. The van der Waals surface area contributed by atoms with Crippen LogP contribution in [-0.4, -0.2) is 147 Å². The Morgan fingerprint density at radius 2 is 1.07 bits per heavy atom. The minimum atomic E-state index is -0.986. The fourth-order valence-corrected chi connectivity index (χ4v) is 13.4. The molecule has 2 unspecified atom stereocenters. The zero-order chi connectivity index (χ0) is 67.2. The van der Waals surface area contributed by atoms with Crippen molar-refractivity contribution in [3.63, 3.8) is 0 Å². The number of anilines is 3. The lowest BCUT2D eigenvalue weighted by atomic mass is 9.51. The molecule has 0 spiro atoms. The summed E-state index contributed by atoms with van der Waals surface area (Å²) < 4.78 is 17.7. The highest BCUT2D eigenvalue weighted by Crippen LogP contribution is 2.62. The molecule has 0 radical (unpaired) electrons. The lowest BCUT2D eigenvalue weighted by Crippen LogP contribution is -2.47. The number of aryl methyl sites for hydroxylation is 1. The molecular weight excluding hydrogens is 1200 g/mol. The molecule has 2 heterocycles. The first-order valence-corrected chi connectivity index (χ1v) is 33.6. The second kappa shape index (κ2) is 35.3. The molecule has 9 rings (SSSR count). The third-order valence-corrected chi connectivity index (χ3v) is 18.5. The van der Waals surface area contributed by atoms with Gasteiger partial charge >= 0.3 is 11.4 Å². The zero-order valence-corrected chi connectivity index (χ0v) is 54.9. The lowest BCUT2D eigenvalue weighted by molar-refractivity contribution is -0.135. The maximum absolute atomic E-state index is 14.6. The molecule has 1 saturated heterocycles. The smallest absolute Gasteiger partial charge is 0.377 e. The van der Waals surface area contributed by atoms with Crippen molar-refractivity contribution in [2.45, 2.75) is 158 Å². The summed E-state index contributed by atoms with van der Waals surface area (Å²) in [6, 6.07) is 20.9. The predicted molar refractivity (Wildman–Crippen MR) is 363 cm³/mol. The monoisotopic (exact) mass is 1290 g/mol. The summed E-state index contributed by atoms with van der Waals surface area (Å²) in [6.07, 6.45) is 15.6. The van der Waals surface area contributed by atoms with Gasteiger partial charge in [-0.2, -0.15) is 0 Å². The summed E-state index contributed by atoms with van der Waals surface area (Å²) in [5.74, 6) is -2.44. The molecule has 24 heteroatoms. The standard InChI is InChI=1S/C70H95N13O11/c1-80(35-37-92-39-40-93-38-36-81(2)67(89)60-45-51(78-79-74)46-83(60)66(88)47-22-26-55-59(41-47)82(3)69(91)94-68(55)90)64(87)30-31-70-56-42-48(75-61(84)19-13-7-4-10-16-32-71)23-27-52(56)65(53-28-24-49(43-57(53)70)76-62(85)20-14-8-5-11-17-33-72)54-29-25-50(44-58(54)70)77-63(86)21-15-9-6-12-18-34-73/h22-29,41-44,51,60,65H,4-21,30-40,45-46,71-73H2,1-3H3,(H,75,84)(H,76,85)(H,77,86). The van der Waals surface area contributed by atoms with E-state index in [1.54, 1.807) is 19.0 Å². The number of hydrogen-bond donors (Lipinski definition) is 6. The third kappa shape index (κ3) is 18.2. The molecule has 94 heavy (non-hydrogen) atoms. The van der Waals surface area contributed by atoms with E-state index in [1.807, 2.05) is 18.2 Å². The van der Waals surface area contributed by atoms with Gasteiger partial charge in [-0.3, -0.25) is 33.3 Å². The minimum Gasteiger partial charge on any atom is -0.377 e. The van der Waals surface area contributed by atoms with E-state index >= 15 is 0 Å². The van der Waals surface area contributed by atoms with E-state index < -0.39 is 40.7 Å². The molecular formula is C70H95N13O11. The van der Waals surface area contributed by atoms with E-state index in [4.69, 9.17) is 31.1 Å². The number of amides is 6. The number of nitrogens with two attached hydrogens (primary N) is 3. The number of ether oxygens (including phenoxy) is 2. The lowest BCUT2D eigenvalue weighted by Gasteiger charge is -2.51. The molecule has 3 aliphatic carbocycles.